The molecule has 0 spiro atoms. The quantitative estimate of drug-likeness (QED) is 0.166. The molecule has 6 nitrogen and oxygen atoms in total. The third kappa shape index (κ3) is 12.8. The van der Waals surface area contributed by atoms with Crippen LogP contribution in [0.3, 0.4) is 0 Å². The van der Waals surface area contributed by atoms with E-state index in [1.165, 1.54) is 6.07 Å². The summed E-state index contributed by atoms with van der Waals surface area (Å²) in [6, 6.07) is 8.71. The van der Waals surface area contributed by atoms with E-state index in [-0.39, 0.29) is 17.5 Å². The molecule has 42 heavy (non-hydrogen) atoms. The smallest absolute Gasteiger partial charge is 0.393 e. The van der Waals surface area contributed by atoms with Crippen LogP contribution < -0.4 is 10.2 Å². The summed E-state index contributed by atoms with van der Waals surface area (Å²) >= 11 is 1.84. The standard InChI is InChI=1S/C23H24F3N3O3.4C2H6.HIS/c24-23(25,26)16-5-7-21(20(12-16)28-32)29-10-8-15(9-11-29)22(31)27-19-3-1-2-14-4-6-17(30)13-18(14)19;5*1-2/h1-3,5,7,12,15,17,30H,4,6,8-11,13H2,(H,27,31);4*1-2H3;2H. The molecule has 1 atom stereocenters. The molecule has 2 N–H and O–H groups in total. The van der Waals surface area contributed by atoms with Crippen molar-refractivity contribution in [3.8, 4) is 0 Å². The molecule has 1 fully saturated rings. The number of anilines is 2. The molecule has 2 aliphatic rings. The van der Waals surface area contributed by atoms with Crippen molar-refractivity contribution in [3.05, 3.63) is 58.0 Å². The van der Waals surface area contributed by atoms with E-state index in [0.717, 1.165) is 35.4 Å². The Morgan fingerprint density at radius 1 is 0.976 bits per heavy atom. The van der Waals surface area contributed by atoms with E-state index >= 15 is 0 Å². The monoisotopic (exact) mass is 727 g/mol. The van der Waals surface area contributed by atoms with Gasteiger partial charge in [0, 0.05) is 31.1 Å². The maximum Gasteiger partial charge on any atom is 0.416 e. The summed E-state index contributed by atoms with van der Waals surface area (Å²) in [6.07, 6.45) is -1.95. The molecule has 1 heterocycles. The van der Waals surface area contributed by atoms with Gasteiger partial charge in [0.15, 0.2) is 0 Å². The Hall–Kier alpha value is -1.86. The van der Waals surface area contributed by atoms with Crippen LogP contribution >= 0.6 is 31.0 Å². The van der Waals surface area contributed by atoms with E-state index in [0.29, 0.717) is 44.5 Å². The van der Waals surface area contributed by atoms with Crippen LogP contribution in [0, 0.1) is 10.8 Å². The lowest BCUT2D eigenvalue weighted by Gasteiger charge is -2.33. The number of halogens is 4. The Balaban J connectivity index is 0. The minimum atomic E-state index is -4.55. The molecule has 2 aromatic carbocycles. The first-order valence-electron chi connectivity index (χ1n) is 14.8. The maximum atomic E-state index is 12.9. The number of amides is 1. The van der Waals surface area contributed by atoms with E-state index in [1.807, 2.05) is 94.8 Å². The summed E-state index contributed by atoms with van der Waals surface area (Å²) in [4.78, 5) is 25.8. The Morgan fingerprint density at radius 3 is 2.07 bits per heavy atom. The van der Waals surface area contributed by atoms with Gasteiger partial charge in [-0.1, -0.05) is 67.5 Å². The van der Waals surface area contributed by atoms with E-state index in [4.69, 9.17) is 0 Å². The summed E-state index contributed by atoms with van der Waals surface area (Å²) in [5, 5.41) is 15.8. The number of hydrogen-bond donors (Lipinski definition) is 3. The molecule has 240 valence electrons. The predicted octanol–water partition coefficient (Wildman–Crippen LogP) is 10.2. The van der Waals surface area contributed by atoms with Crippen LogP contribution in [-0.2, 0) is 23.8 Å². The lowest BCUT2D eigenvalue weighted by Crippen LogP contribution is -2.38. The van der Waals surface area contributed by atoms with Gasteiger partial charge >= 0.3 is 6.18 Å². The molecule has 1 unspecified atom stereocenters. The SMILES string of the molecule is CC.CC.CC.CC.O=Nc1cc(C(F)(F)F)ccc1N1CCC(C(=O)Nc2cccc3c2CC(O)CC3)CC1.SI. The first-order valence-corrected chi connectivity index (χ1v) is 18.1. The number of alkyl halides is 3. The van der Waals surface area contributed by atoms with Crippen LogP contribution in [0.4, 0.5) is 30.2 Å². The summed E-state index contributed by atoms with van der Waals surface area (Å²) in [6.45, 7) is 16.9. The third-order valence-corrected chi connectivity index (χ3v) is 6.33. The van der Waals surface area contributed by atoms with E-state index in [2.05, 4.69) is 20.3 Å². The van der Waals surface area contributed by atoms with Gasteiger partial charge in [-0.15, -0.1) is 14.7 Å². The number of hydrogen-bond acceptors (Lipinski definition) is 6. The van der Waals surface area contributed by atoms with E-state index in [9.17, 15) is 28.0 Å². The molecule has 0 saturated carbocycles. The highest BCUT2D eigenvalue weighted by Gasteiger charge is 2.33. The zero-order valence-electron chi connectivity index (χ0n) is 26.2. The fourth-order valence-corrected chi connectivity index (χ4v) is 4.54. The molecule has 1 saturated heterocycles. The lowest BCUT2D eigenvalue weighted by atomic mass is 9.88. The highest BCUT2D eigenvalue weighted by molar-refractivity contribution is 14.2. The third-order valence-electron chi connectivity index (χ3n) is 6.33. The molecule has 1 amide bonds. The second-order valence-corrected chi connectivity index (χ2v) is 8.38. The Morgan fingerprint density at radius 2 is 1.55 bits per heavy atom. The fourth-order valence-electron chi connectivity index (χ4n) is 4.54. The number of carbonyl (C=O) groups is 1. The fraction of sp³-hybridized carbons (Fsp3) is 0.581. The van der Waals surface area contributed by atoms with Gasteiger partial charge < -0.3 is 15.3 Å². The molecule has 0 radical (unpaired) electrons. The number of nitrogens with zero attached hydrogens (tertiary/aromatic N) is 2. The summed E-state index contributed by atoms with van der Waals surface area (Å²) in [7, 11) is 3.50. The van der Waals surface area contributed by atoms with Crippen LogP contribution in [-0.4, -0.2) is 30.2 Å². The van der Waals surface area contributed by atoms with E-state index < -0.39 is 17.8 Å². The number of aliphatic hydroxyl groups is 1. The molecule has 1 aliphatic heterocycles. The van der Waals surface area contributed by atoms with Gasteiger partial charge in [-0.25, -0.2) is 0 Å². The zero-order chi connectivity index (χ0) is 32.9. The summed E-state index contributed by atoms with van der Waals surface area (Å²) in [5.41, 5.74) is 2.02. The van der Waals surface area contributed by atoms with Gasteiger partial charge in [-0.3, -0.25) is 4.79 Å². The van der Waals surface area contributed by atoms with E-state index in [1.54, 1.807) is 4.90 Å². The van der Waals surface area contributed by atoms with Gasteiger partial charge in [-0.2, -0.15) is 13.2 Å². The Kier molecular flexibility index (Phi) is 23.7. The molecule has 0 aromatic heterocycles. The largest absolute Gasteiger partial charge is 0.416 e. The van der Waals surface area contributed by atoms with Crippen molar-refractivity contribution >= 4 is 54.0 Å². The summed E-state index contributed by atoms with van der Waals surface area (Å²) in [5.74, 6) is -0.364. The second-order valence-electron chi connectivity index (χ2n) is 8.38. The van der Waals surface area contributed by atoms with Gasteiger partial charge in [0.25, 0.3) is 0 Å². The molecular weight excluding hydrogens is 678 g/mol. The number of thiol groups is 1. The van der Waals surface area contributed by atoms with Gasteiger partial charge in [0.05, 0.1) is 17.4 Å². The number of aliphatic hydroxyl groups excluding tert-OH is 1. The zero-order valence-corrected chi connectivity index (χ0v) is 29.2. The average molecular weight is 728 g/mol. The highest BCUT2D eigenvalue weighted by atomic mass is 127. The molecule has 2 aromatic rings. The highest BCUT2D eigenvalue weighted by Crippen LogP contribution is 2.38. The van der Waals surface area contributed by atoms with Crippen molar-refractivity contribution in [3.63, 3.8) is 0 Å². The number of carbonyl (C=O) groups excluding carboxylic acids is 1. The normalized spacial score (nSPS) is 15.5. The number of benzene rings is 2. The van der Waals surface area contributed by atoms with Crippen LogP contribution in [0.2, 0.25) is 0 Å². The van der Waals surface area contributed by atoms with Crippen molar-refractivity contribution in [2.75, 3.05) is 23.3 Å². The molecule has 0 bridgehead atoms. The van der Waals surface area contributed by atoms with Crippen molar-refractivity contribution in [1.29, 1.82) is 0 Å². The Labute approximate surface area is 268 Å². The topological polar surface area (TPSA) is 82.0 Å². The predicted molar refractivity (Wildman–Crippen MR) is 183 cm³/mol. The minimum Gasteiger partial charge on any atom is -0.393 e. The van der Waals surface area contributed by atoms with Crippen LogP contribution in [0.25, 0.3) is 0 Å². The number of piperidine rings is 1. The number of rotatable bonds is 4. The van der Waals surface area contributed by atoms with Crippen LogP contribution in [0.15, 0.2) is 41.6 Å². The first kappa shape index (κ1) is 42.3. The molecular formula is C31H49F3IN3O3S. The van der Waals surface area contributed by atoms with Crippen LogP contribution in [0.1, 0.15) is 91.3 Å². The summed E-state index contributed by atoms with van der Waals surface area (Å²) < 4.78 is 38.7. The van der Waals surface area contributed by atoms with Gasteiger partial charge in [-0.05, 0) is 87.5 Å². The first-order chi connectivity index (χ1) is 20.3. The van der Waals surface area contributed by atoms with Crippen molar-refractivity contribution < 1.29 is 23.1 Å². The lowest BCUT2D eigenvalue weighted by molar-refractivity contribution is -0.137. The van der Waals surface area contributed by atoms with Crippen molar-refractivity contribution in [2.24, 2.45) is 11.1 Å². The maximum absolute atomic E-state index is 12.9. The number of aryl methyl sites for hydroxylation is 1. The number of nitroso groups, excluding NO2 is 1. The van der Waals surface area contributed by atoms with Crippen molar-refractivity contribution in [1.82, 2.24) is 0 Å². The minimum absolute atomic E-state index is 0.112. The Bertz CT molecular complexity index is 1030. The second kappa shape index (κ2) is 23.6. The number of fused-ring (bicyclic) bond motifs is 1. The number of nitrogens with one attached hydrogen (secondary N) is 1. The van der Waals surface area contributed by atoms with Gasteiger partial charge in [0.2, 0.25) is 5.91 Å². The molecule has 1 aliphatic carbocycles. The van der Waals surface area contributed by atoms with Crippen molar-refractivity contribution in [2.45, 2.75) is 99.8 Å². The molecule has 4 rings (SSSR count). The van der Waals surface area contributed by atoms with Gasteiger partial charge in [0.1, 0.15) is 5.69 Å². The average Bonchev–Trinajstić information content (AvgIpc) is 3.05. The molecule has 11 heteroatoms. The van der Waals surface area contributed by atoms with Crippen LogP contribution in [0.5, 0.6) is 0 Å².